The standard InChI is InChI=1S/C13H17F3N2O2/c1-12(2,3)20-11(19)18-9-6-4-5-8(7-9)10(17)13(14,15)16/h4-7,10H,17H2,1-3H3,(H,18,19)/t10-/m1/s1. The number of rotatable bonds is 2. The molecule has 0 saturated heterocycles. The van der Waals surface area contributed by atoms with Crippen LogP contribution in [-0.2, 0) is 4.74 Å². The van der Waals surface area contributed by atoms with Gasteiger partial charge in [-0.3, -0.25) is 5.32 Å². The van der Waals surface area contributed by atoms with Gasteiger partial charge in [0.2, 0.25) is 0 Å². The van der Waals surface area contributed by atoms with Crippen molar-refractivity contribution >= 4 is 11.8 Å². The minimum absolute atomic E-state index is 0.133. The molecule has 1 amide bonds. The molecule has 4 nitrogen and oxygen atoms in total. The SMILES string of the molecule is CC(C)(C)OC(=O)Nc1cccc([C@@H](N)C(F)(F)F)c1. The summed E-state index contributed by atoms with van der Waals surface area (Å²) in [5.41, 5.74) is 4.47. The Bertz CT molecular complexity index is 481. The second-order valence-electron chi connectivity index (χ2n) is 5.27. The van der Waals surface area contributed by atoms with Crippen LogP contribution in [0, 0.1) is 0 Å². The van der Waals surface area contributed by atoms with Gasteiger partial charge in [0, 0.05) is 5.69 Å². The lowest BCUT2D eigenvalue weighted by molar-refractivity contribution is -0.149. The second-order valence-corrected chi connectivity index (χ2v) is 5.27. The summed E-state index contributed by atoms with van der Waals surface area (Å²) >= 11 is 0. The molecule has 112 valence electrons. The Morgan fingerprint density at radius 2 is 1.90 bits per heavy atom. The van der Waals surface area contributed by atoms with E-state index in [4.69, 9.17) is 10.5 Å². The maximum absolute atomic E-state index is 12.5. The first kappa shape index (κ1) is 16.3. The number of benzene rings is 1. The lowest BCUT2D eigenvalue weighted by Gasteiger charge is -2.20. The molecular weight excluding hydrogens is 273 g/mol. The van der Waals surface area contributed by atoms with Gasteiger partial charge in [-0.1, -0.05) is 12.1 Å². The molecule has 0 saturated carbocycles. The zero-order valence-electron chi connectivity index (χ0n) is 11.4. The third-order valence-electron chi connectivity index (χ3n) is 2.24. The summed E-state index contributed by atoms with van der Waals surface area (Å²) in [7, 11) is 0. The number of nitrogens with two attached hydrogens (primary N) is 1. The predicted molar refractivity (Wildman–Crippen MR) is 69.3 cm³/mol. The molecule has 0 fully saturated rings. The summed E-state index contributed by atoms with van der Waals surface area (Å²) in [6, 6.07) is 3.16. The lowest BCUT2D eigenvalue weighted by atomic mass is 10.1. The first-order valence-corrected chi connectivity index (χ1v) is 5.91. The highest BCUT2D eigenvalue weighted by molar-refractivity contribution is 5.84. The molecule has 20 heavy (non-hydrogen) atoms. The van der Waals surface area contributed by atoms with E-state index in [0.717, 1.165) is 0 Å². The van der Waals surface area contributed by atoms with Crippen molar-refractivity contribution in [1.29, 1.82) is 0 Å². The van der Waals surface area contributed by atoms with Gasteiger partial charge >= 0.3 is 12.3 Å². The highest BCUT2D eigenvalue weighted by Crippen LogP contribution is 2.31. The quantitative estimate of drug-likeness (QED) is 0.874. The highest BCUT2D eigenvalue weighted by Gasteiger charge is 2.37. The van der Waals surface area contributed by atoms with Crippen LogP contribution in [-0.4, -0.2) is 17.9 Å². The lowest BCUT2D eigenvalue weighted by Crippen LogP contribution is -2.29. The van der Waals surface area contributed by atoms with Crippen LogP contribution in [0.15, 0.2) is 24.3 Å². The summed E-state index contributed by atoms with van der Waals surface area (Å²) in [4.78, 5) is 11.5. The van der Waals surface area contributed by atoms with E-state index in [2.05, 4.69) is 5.32 Å². The van der Waals surface area contributed by atoms with Crippen molar-refractivity contribution < 1.29 is 22.7 Å². The number of anilines is 1. The monoisotopic (exact) mass is 290 g/mol. The van der Waals surface area contributed by atoms with E-state index in [9.17, 15) is 18.0 Å². The van der Waals surface area contributed by atoms with Crippen molar-refractivity contribution in [3.05, 3.63) is 29.8 Å². The maximum Gasteiger partial charge on any atom is 0.412 e. The van der Waals surface area contributed by atoms with Crippen molar-refractivity contribution in [3.63, 3.8) is 0 Å². The number of hydrogen-bond donors (Lipinski definition) is 2. The Balaban J connectivity index is 2.82. The molecule has 1 aromatic carbocycles. The molecule has 0 spiro atoms. The topological polar surface area (TPSA) is 64.3 Å². The number of halogens is 3. The number of nitrogens with one attached hydrogen (secondary N) is 1. The zero-order valence-corrected chi connectivity index (χ0v) is 11.4. The largest absolute Gasteiger partial charge is 0.444 e. The van der Waals surface area contributed by atoms with Gasteiger partial charge < -0.3 is 10.5 Å². The molecule has 3 N–H and O–H groups in total. The zero-order chi connectivity index (χ0) is 15.6. The molecular formula is C13H17F3N2O2. The summed E-state index contributed by atoms with van der Waals surface area (Å²) < 4.78 is 42.5. The summed E-state index contributed by atoms with van der Waals surface area (Å²) in [6.45, 7) is 5.05. The highest BCUT2D eigenvalue weighted by atomic mass is 19.4. The number of amides is 1. The van der Waals surface area contributed by atoms with Gasteiger partial charge in [-0.05, 0) is 38.5 Å². The average Bonchev–Trinajstić information content (AvgIpc) is 2.24. The number of carbonyl (C=O) groups is 1. The molecule has 0 aromatic heterocycles. The van der Waals surface area contributed by atoms with Gasteiger partial charge in [0.15, 0.2) is 0 Å². The summed E-state index contributed by atoms with van der Waals surface area (Å²) in [5.74, 6) is 0. The second kappa shape index (κ2) is 5.70. The predicted octanol–water partition coefficient (Wildman–Crippen LogP) is 3.60. The number of ether oxygens (including phenoxy) is 1. The fraction of sp³-hybridized carbons (Fsp3) is 0.462. The Hall–Kier alpha value is -1.76. The van der Waals surface area contributed by atoms with Crippen LogP contribution < -0.4 is 11.1 Å². The van der Waals surface area contributed by atoms with E-state index in [1.165, 1.54) is 24.3 Å². The van der Waals surface area contributed by atoms with Crippen LogP contribution in [0.1, 0.15) is 32.4 Å². The van der Waals surface area contributed by atoms with E-state index in [1.807, 2.05) is 0 Å². The summed E-state index contributed by atoms with van der Waals surface area (Å²) in [5, 5.41) is 2.36. The van der Waals surface area contributed by atoms with Crippen molar-refractivity contribution in [2.45, 2.75) is 38.6 Å². The van der Waals surface area contributed by atoms with Crippen molar-refractivity contribution in [1.82, 2.24) is 0 Å². The minimum atomic E-state index is -4.54. The molecule has 7 heteroatoms. The number of carbonyl (C=O) groups excluding carboxylic acids is 1. The van der Waals surface area contributed by atoms with E-state index < -0.39 is 23.9 Å². The van der Waals surface area contributed by atoms with Gasteiger partial charge in [0.05, 0.1) is 0 Å². The first-order valence-electron chi connectivity index (χ1n) is 5.91. The normalized spacial score (nSPS) is 13.8. The Kier molecular flexibility index (Phi) is 4.65. The Morgan fingerprint density at radius 3 is 2.40 bits per heavy atom. The molecule has 1 atom stereocenters. The molecule has 1 aromatic rings. The Labute approximate surface area is 115 Å². The van der Waals surface area contributed by atoms with Gasteiger partial charge in [0.1, 0.15) is 11.6 Å². The van der Waals surface area contributed by atoms with Crippen LogP contribution in [0.3, 0.4) is 0 Å². The molecule has 0 heterocycles. The van der Waals surface area contributed by atoms with E-state index in [-0.39, 0.29) is 11.3 Å². The van der Waals surface area contributed by atoms with E-state index in [0.29, 0.717) is 0 Å². The molecule has 0 bridgehead atoms. The minimum Gasteiger partial charge on any atom is -0.444 e. The molecule has 0 aliphatic heterocycles. The molecule has 0 aliphatic carbocycles. The third kappa shape index (κ3) is 5.08. The van der Waals surface area contributed by atoms with Crippen molar-refractivity contribution in [2.24, 2.45) is 5.73 Å². The first-order chi connectivity index (χ1) is 8.99. The van der Waals surface area contributed by atoms with Gasteiger partial charge in [-0.25, -0.2) is 4.79 Å². The van der Waals surface area contributed by atoms with Crippen LogP contribution >= 0.6 is 0 Å². The maximum atomic E-state index is 12.5. The fourth-order valence-corrected chi connectivity index (χ4v) is 1.42. The van der Waals surface area contributed by atoms with Crippen molar-refractivity contribution in [3.8, 4) is 0 Å². The van der Waals surface area contributed by atoms with Gasteiger partial charge in [-0.2, -0.15) is 13.2 Å². The number of alkyl halides is 3. The number of hydrogen-bond acceptors (Lipinski definition) is 3. The van der Waals surface area contributed by atoms with Gasteiger partial charge in [0.25, 0.3) is 0 Å². The molecule has 0 aliphatic rings. The fourth-order valence-electron chi connectivity index (χ4n) is 1.42. The van der Waals surface area contributed by atoms with Crippen LogP contribution in [0.25, 0.3) is 0 Å². The molecule has 0 unspecified atom stereocenters. The van der Waals surface area contributed by atoms with Crippen molar-refractivity contribution in [2.75, 3.05) is 5.32 Å². The summed E-state index contributed by atoms with van der Waals surface area (Å²) in [6.07, 6.45) is -5.28. The molecule has 0 radical (unpaired) electrons. The van der Waals surface area contributed by atoms with Crippen LogP contribution in [0.5, 0.6) is 0 Å². The Morgan fingerprint density at radius 1 is 1.30 bits per heavy atom. The van der Waals surface area contributed by atoms with E-state index >= 15 is 0 Å². The van der Waals surface area contributed by atoms with Crippen LogP contribution in [0.2, 0.25) is 0 Å². The molecule has 1 rings (SSSR count). The third-order valence-corrected chi connectivity index (χ3v) is 2.24. The van der Waals surface area contributed by atoms with Gasteiger partial charge in [-0.15, -0.1) is 0 Å². The smallest absolute Gasteiger partial charge is 0.412 e. The van der Waals surface area contributed by atoms with E-state index in [1.54, 1.807) is 20.8 Å². The average molecular weight is 290 g/mol. The van der Waals surface area contributed by atoms with Crippen LogP contribution in [0.4, 0.5) is 23.7 Å².